The molecule has 6 heteroatoms. The number of phosphoric ester groups is 1. The molecule has 1 aromatic carbocycles. The van der Waals surface area contributed by atoms with Crippen molar-refractivity contribution >= 4 is 13.9 Å². The molecule has 1 saturated heterocycles. The summed E-state index contributed by atoms with van der Waals surface area (Å²) in [6, 6.07) is 8.08. The smallest absolute Gasteiger partial charge is 0.377 e. The van der Waals surface area contributed by atoms with Crippen LogP contribution in [0.5, 0.6) is 0 Å². The van der Waals surface area contributed by atoms with E-state index in [-0.39, 0.29) is 0 Å². The summed E-state index contributed by atoms with van der Waals surface area (Å²) < 4.78 is 32.2. The van der Waals surface area contributed by atoms with E-state index < -0.39 is 7.82 Å². The summed E-state index contributed by atoms with van der Waals surface area (Å²) in [6.45, 7) is 5.97. The molecule has 1 fully saturated rings. The Balaban J connectivity index is 1.51. The monoisotopic (exact) mass is 312 g/mol. The van der Waals surface area contributed by atoms with E-state index in [1.807, 2.05) is 30.3 Å². The van der Waals surface area contributed by atoms with Crippen LogP contribution in [0.4, 0.5) is 0 Å². The topological polar surface area (TPSA) is 54.0 Å². The average molecular weight is 312 g/mol. The molecule has 0 unspecified atom stereocenters. The number of rotatable bonds is 9. The van der Waals surface area contributed by atoms with Crippen LogP contribution >= 0.6 is 7.82 Å². The van der Waals surface area contributed by atoms with Crippen molar-refractivity contribution in [2.75, 3.05) is 26.4 Å². The third-order valence-electron chi connectivity index (χ3n) is 3.00. The van der Waals surface area contributed by atoms with Crippen LogP contribution in [0.1, 0.15) is 24.0 Å². The molecular weight excluding hydrogens is 291 g/mol. The van der Waals surface area contributed by atoms with Gasteiger partial charge in [0, 0.05) is 6.61 Å². The molecule has 21 heavy (non-hydrogen) atoms. The fraction of sp³-hybridized carbons (Fsp3) is 0.467. The zero-order chi connectivity index (χ0) is 15.0. The van der Waals surface area contributed by atoms with E-state index in [4.69, 9.17) is 18.3 Å². The Morgan fingerprint density at radius 3 is 2.48 bits per heavy atom. The maximum Gasteiger partial charge on any atom is 0.474 e. The highest BCUT2D eigenvalue weighted by atomic mass is 31.2. The minimum Gasteiger partial charge on any atom is -0.377 e. The third kappa shape index (κ3) is 5.73. The summed E-state index contributed by atoms with van der Waals surface area (Å²) in [5.74, 6) is 0. The van der Waals surface area contributed by atoms with Crippen LogP contribution in [0.2, 0.25) is 0 Å². The van der Waals surface area contributed by atoms with Crippen LogP contribution in [0, 0.1) is 0 Å². The SMILES string of the molecule is C=Cc1ccc(COCCCCOP2(=O)OCCO2)cc1. The largest absolute Gasteiger partial charge is 0.474 e. The fourth-order valence-corrected chi connectivity index (χ4v) is 3.01. The van der Waals surface area contributed by atoms with Crippen LogP contribution in [0.3, 0.4) is 0 Å². The summed E-state index contributed by atoms with van der Waals surface area (Å²) >= 11 is 0. The molecule has 1 aromatic rings. The van der Waals surface area contributed by atoms with E-state index in [0.717, 1.165) is 24.0 Å². The van der Waals surface area contributed by atoms with Crippen LogP contribution in [0.15, 0.2) is 30.8 Å². The Kier molecular flexibility index (Phi) is 6.61. The number of hydrogen-bond donors (Lipinski definition) is 0. The quantitative estimate of drug-likeness (QED) is 0.513. The van der Waals surface area contributed by atoms with Gasteiger partial charge in [0.25, 0.3) is 0 Å². The Bertz CT molecular complexity index is 475. The molecule has 5 nitrogen and oxygen atoms in total. The van der Waals surface area contributed by atoms with Crippen molar-refractivity contribution in [1.29, 1.82) is 0 Å². The summed E-state index contributed by atoms with van der Waals surface area (Å²) in [4.78, 5) is 0. The van der Waals surface area contributed by atoms with Gasteiger partial charge in [0.05, 0.1) is 26.4 Å². The van der Waals surface area contributed by atoms with Crippen LogP contribution in [-0.2, 0) is 29.5 Å². The second-order valence-corrected chi connectivity index (χ2v) is 6.32. The van der Waals surface area contributed by atoms with Gasteiger partial charge in [-0.05, 0) is 24.0 Å². The number of benzene rings is 1. The first kappa shape index (κ1) is 16.4. The summed E-state index contributed by atoms with van der Waals surface area (Å²) in [7, 11) is -3.23. The third-order valence-corrected chi connectivity index (χ3v) is 4.50. The van der Waals surface area contributed by atoms with Gasteiger partial charge >= 0.3 is 7.82 Å². The molecule has 0 radical (unpaired) electrons. The second-order valence-electron chi connectivity index (χ2n) is 4.65. The maximum atomic E-state index is 11.6. The Labute approximate surface area is 125 Å². The first-order chi connectivity index (χ1) is 10.2. The number of phosphoric acid groups is 1. The van der Waals surface area contributed by atoms with Crippen molar-refractivity contribution in [2.45, 2.75) is 19.4 Å². The second kappa shape index (κ2) is 8.47. The molecule has 0 spiro atoms. The van der Waals surface area contributed by atoms with Gasteiger partial charge in [-0.15, -0.1) is 0 Å². The highest BCUT2D eigenvalue weighted by molar-refractivity contribution is 7.48. The molecule has 2 rings (SSSR count). The summed E-state index contributed by atoms with van der Waals surface area (Å²) in [6.07, 6.45) is 3.41. The van der Waals surface area contributed by atoms with Crippen LogP contribution in [-0.4, -0.2) is 26.4 Å². The molecule has 0 saturated carbocycles. The lowest BCUT2D eigenvalue weighted by Crippen LogP contribution is -1.99. The van der Waals surface area contributed by atoms with Crippen molar-refractivity contribution in [2.24, 2.45) is 0 Å². The van der Waals surface area contributed by atoms with Gasteiger partial charge in [0.2, 0.25) is 0 Å². The molecule has 0 aliphatic carbocycles. The van der Waals surface area contributed by atoms with Crippen molar-refractivity contribution in [3.8, 4) is 0 Å². The number of ether oxygens (including phenoxy) is 1. The van der Waals surface area contributed by atoms with Crippen molar-refractivity contribution < 1.29 is 22.9 Å². The van der Waals surface area contributed by atoms with Crippen molar-refractivity contribution in [3.63, 3.8) is 0 Å². The normalized spacial score (nSPS) is 17.0. The maximum absolute atomic E-state index is 11.6. The highest BCUT2D eigenvalue weighted by Gasteiger charge is 2.31. The molecular formula is C15H21O5P. The van der Waals surface area contributed by atoms with Gasteiger partial charge in [-0.3, -0.25) is 13.6 Å². The van der Waals surface area contributed by atoms with Crippen molar-refractivity contribution in [1.82, 2.24) is 0 Å². The summed E-state index contributed by atoms with van der Waals surface area (Å²) in [5, 5.41) is 0. The first-order valence-corrected chi connectivity index (χ1v) is 8.51. The van der Waals surface area contributed by atoms with Crippen LogP contribution in [0.25, 0.3) is 6.08 Å². The predicted molar refractivity (Wildman–Crippen MR) is 80.9 cm³/mol. The predicted octanol–water partition coefficient (Wildman–Crippen LogP) is 3.80. The van der Waals surface area contributed by atoms with E-state index in [9.17, 15) is 4.57 Å². The lowest BCUT2D eigenvalue weighted by Gasteiger charge is -2.09. The fourth-order valence-electron chi connectivity index (χ4n) is 1.83. The van der Waals surface area contributed by atoms with Gasteiger partial charge in [-0.1, -0.05) is 36.9 Å². The van der Waals surface area contributed by atoms with Crippen molar-refractivity contribution in [3.05, 3.63) is 42.0 Å². The van der Waals surface area contributed by atoms with Gasteiger partial charge in [0.15, 0.2) is 0 Å². The van der Waals surface area contributed by atoms with Gasteiger partial charge in [0.1, 0.15) is 0 Å². The molecule has 0 amide bonds. The lowest BCUT2D eigenvalue weighted by atomic mass is 10.1. The van der Waals surface area contributed by atoms with E-state index in [0.29, 0.717) is 33.0 Å². The minimum atomic E-state index is -3.23. The molecule has 0 bridgehead atoms. The van der Waals surface area contributed by atoms with E-state index in [1.54, 1.807) is 0 Å². The molecule has 1 aliphatic rings. The van der Waals surface area contributed by atoms with E-state index in [2.05, 4.69) is 6.58 Å². The Morgan fingerprint density at radius 1 is 1.14 bits per heavy atom. The average Bonchev–Trinajstić information content (AvgIpc) is 2.94. The molecule has 1 aliphatic heterocycles. The van der Waals surface area contributed by atoms with Gasteiger partial charge in [-0.2, -0.15) is 0 Å². The zero-order valence-corrected chi connectivity index (χ0v) is 12.9. The molecule has 1 heterocycles. The van der Waals surface area contributed by atoms with Crippen LogP contribution < -0.4 is 0 Å². The molecule has 0 atom stereocenters. The van der Waals surface area contributed by atoms with E-state index >= 15 is 0 Å². The number of unbranched alkanes of at least 4 members (excludes halogenated alkanes) is 1. The van der Waals surface area contributed by atoms with Gasteiger partial charge in [-0.25, -0.2) is 4.57 Å². The zero-order valence-electron chi connectivity index (χ0n) is 12.0. The Hall–Kier alpha value is -0.970. The minimum absolute atomic E-state index is 0.338. The van der Waals surface area contributed by atoms with E-state index in [1.165, 1.54) is 0 Å². The highest BCUT2D eigenvalue weighted by Crippen LogP contribution is 2.52. The standard InChI is InChI=1S/C15H21O5P/c1-2-14-5-7-15(8-6-14)13-17-9-3-4-10-18-21(16)19-11-12-20-21/h2,5-8H,1,3-4,9-13H2. The summed E-state index contributed by atoms with van der Waals surface area (Å²) in [5.41, 5.74) is 2.23. The molecule has 116 valence electrons. The lowest BCUT2D eigenvalue weighted by molar-refractivity contribution is 0.110. The molecule has 0 N–H and O–H groups in total. The Morgan fingerprint density at radius 2 is 1.81 bits per heavy atom. The first-order valence-electron chi connectivity index (χ1n) is 7.05. The molecule has 0 aromatic heterocycles. The number of hydrogen-bond acceptors (Lipinski definition) is 5. The van der Waals surface area contributed by atoms with Gasteiger partial charge < -0.3 is 4.74 Å².